The third-order valence-electron chi connectivity index (χ3n) is 3.43. The molecule has 1 aromatic carbocycles. The molecule has 1 unspecified atom stereocenters. The topological polar surface area (TPSA) is 72.8 Å². The van der Waals surface area contributed by atoms with Gasteiger partial charge < -0.3 is 14.6 Å². The van der Waals surface area contributed by atoms with Crippen molar-refractivity contribution in [3.8, 4) is 5.75 Å². The molecular formula is C16H22O5. The summed E-state index contributed by atoms with van der Waals surface area (Å²) in [4.78, 5) is 23.0. The minimum absolute atomic E-state index is 0.0247. The van der Waals surface area contributed by atoms with Crippen molar-refractivity contribution in [3.63, 3.8) is 0 Å². The molecule has 0 spiro atoms. The molecule has 0 saturated heterocycles. The summed E-state index contributed by atoms with van der Waals surface area (Å²) in [6.07, 6.45) is 1.09. The van der Waals surface area contributed by atoms with Crippen molar-refractivity contribution in [2.75, 3.05) is 13.2 Å². The number of hydrogen-bond acceptors (Lipinski definition) is 5. The molecule has 0 aliphatic rings. The summed E-state index contributed by atoms with van der Waals surface area (Å²) in [5.74, 6) is -0.577. The summed E-state index contributed by atoms with van der Waals surface area (Å²) in [5, 5.41) is 9.19. The molecule has 0 amide bonds. The predicted octanol–water partition coefficient (Wildman–Crippen LogP) is 2.46. The van der Waals surface area contributed by atoms with Gasteiger partial charge in [0.05, 0.1) is 12.0 Å². The van der Waals surface area contributed by atoms with E-state index in [-0.39, 0.29) is 24.9 Å². The Morgan fingerprint density at radius 3 is 2.33 bits per heavy atom. The number of benzene rings is 1. The van der Waals surface area contributed by atoms with Crippen LogP contribution in [0.15, 0.2) is 24.3 Å². The van der Waals surface area contributed by atoms with Gasteiger partial charge in [-0.15, -0.1) is 0 Å². The van der Waals surface area contributed by atoms with E-state index in [2.05, 4.69) is 0 Å². The minimum atomic E-state index is -0.819. The van der Waals surface area contributed by atoms with E-state index in [4.69, 9.17) is 9.47 Å². The summed E-state index contributed by atoms with van der Waals surface area (Å²) in [6.45, 7) is 5.16. The maximum absolute atomic E-state index is 12.1. The van der Waals surface area contributed by atoms with Crippen LogP contribution in [0.3, 0.4) is 0 Å². The van der Waals surface area contributed by atoms with Crippen molar-refractivity contribution >= 4 is 11.9 Å². The van der Waals surface area contributed by atoms with Crippen molar-refractivity contribution < 1.29 is 24.2 Å². The monoisotopic (exact) mass is 294 g/mol. The molecule has 0 aliphatic carbocycles. The van der Waals surface area contributed by atoms with E-state index in [1.807, 2.05) is 6.92 Å². The number of aromatic hydroxyl groups is 1. The van der Waals surface area contributed by atoms with Crippen LogP contribution in [0.5, 0.6) is 5.75 Å². The molecule has 5 heteroatoms. The normalized spacial score (nSPS) is 13.3. The van der Waals surface area contributed by atoms with Crippen LogP contribution >= 0.6 is 0 Å². The van der Waals surface area contributed by atoms with E-state index < -0.39 is 11.4 Å². The zero-order valence-electron chi connectivity index (χ0n) is 12.7. The lowest BCUT2D eigenvalue weighted by Gasteiger charge is -2.25. The molecule has 1 atom stereocenters. The fourth-order valence-corrected chi connectivity index (χ4v) is 1.66. The van der Waals surface area contributed by atoms with Gasteiger partial charge in [-0.3, -0.25) is 9.59 Å². The molecule has 0 saturated carbocycles. The number of ether oxygens (including phenoxy) is 2. The molecule has 0 radical (unpaired) electrons. The van der Waals surface area contributed by atoms with Crippen LogP contribution < -0.4 is 0 Å². The number of esters is 2. The van der Waals surface area contributed by atoms with Crippen molar-refractivity contribution in [2.24, 2.45) is 5.41 Å². The predicted molar refractivity (Wildman–Crippen MR) is 77.8 cm³/mol. The fraction of sp³-hybridized carbons (Fsp3) is 0.500. The molecule has 0 bridgehead atoms. The van der Waals surface area contributed by atoms with Gasteiger partial charge in [0.15, 0.2) is 0 Å². The third-order valence-corrected chi connectivity index (χ3v) is 3.43. The zero-order chi connectivity index (χ0) is 15.9. The van der Waals surface area contributed by atoms with Crippen molar-refractivity contribution in [1.29, 1.82) is 0 Å². The smallest absolute Gasteiger partial charge is 0.315 e. The van der Waals surface area contributed by atoms with Gasteiger partial charge in [-0.2, -0.15) is 0 Å². The van der Waals surface area contributed by atoms with Gasteiger partial charge in [-0.25, -0.2) is 0 Å². The van der Waals surface area contributed by atoms with E-state index in [9.17, 15) is 14.7 Å². The van der Waals surface area contributed by atoms with Crippen LogP contribution in [-0.2, 0) is 25.5 Å². The van der Waals surface area contributed by atoms with Crippen molar-refractivity contribution in [3.05, 3.63) is 29.8 Å². The second-order valence-corrected chi connectivity index (χ2v) is 5.25. The standard InChI is InChI=1S/C16H22O5/c1-4-16(3,11-21-12(2)17)15(19)20-10-9-13-5-7-14(18)8-6-13/h5-8,18H,4,9-11H2,1-3H3. The summed E-state index contributed by atoms with van der Waals surface area (Å²) < 4.78 is 10.2. The Balaban J connectivity index is 2.46. The Labute approximate surface area is 124 Å². The first-order chi connectivity index (χ1) is 9.87. The molecular weight excluding hydrogens is 272 g/mol. The van der Waals surface area contributed by atoms with Gasteiger partial charge in [0.25, 0.3) is 0 Å². The lowest BCUT2D eigenvalue weighted by atomic mass is 9.89. The third kappa shape index (κ3) is 5.45. The van der Waals surface area contributed by atoms with Crippen LogP contribution in [0.2, 0.25) is 0 Å². The van der Waals surface area contributed by atoms with Gasteiger partial charge in [0.2, 0.25) is 0 Å². The highest BCUT2D eigenvalue weighted by Gasteiger charge is 2.34. The van der Waals surface area contributed by atoms with E-state index in [1.54, 1.807) is 31.2 Å². The van der Waals surface area contributed by atoms with Crippen LogP contribution in [0.1, 0.15) is 32.8 Å². The SMILES string of the molecule is CCC(C)(COC(C)=O)C(=O)OCCc1ccc(O)cc1. The molecule has 0 fully saturated rings. The second kappa shape index (κ2) is 7.67. The minimum Gasteiger partial charge on any atom is -0.508 e. The number of hydrogen-bond donors (Lipinski definition) is 1. The maximum atomic E-state index is 12.1. The fourth-order valence-electron chi connectivity index (χ4n) is 1.66. The quantitative estimate of drug-likeness (QED) is 0.782. The molecule has 0 aromatic heterocycles. The first-order valence-corrected chi connectivity index (χ1v) is 6.96. The van der Waals surface area contributed by atoms with Gasteiger partial charge in [0, 0.05) is 13.3 Å². The average molecular weight is 294 g/mol. The van der Waals surface area contributed by atoms with Crippen LogP contribution in [0.4, 0.5) is 0 Å². The summed E-state index contributed by atoms with van der Waals surface area (Å²) >= 11 is 0. The van der Waals surface area contributed by atoms with Crippen molar-refractivity contribution in [2.45, 2.75) is 33.6 Å². The average Bonchev–Trinajstić information content (AvgIpc) is 2.46. The second-order valence-electron chi connectivity index (χ2n) is 5.25. The van der Waals surface area contributed by atoms with Crippen LogP contribution in [0, 0.1) is 5.41 Å². The summed E-state index contributed by atoms with van der Waals surface area (Å²) in [6, 6.07) is 6.74. The highest BCUT2D eigenvalue weighted by Crippen LogP contribution is 2.23. The molecule has 0 heterocycles. The number of phenolic OH excluding ortho intramolecular Hbond substituents is 1. The van der Waals surface area contributed by atoms with Gasteiger partial charge >= 0.3 is 11.9 Å². The zero-order valence-corrected chi connectivity index (χ0v) is 12.7. The summed E-state index contributed by atoms with van der Waals surface area (Å²) in [5.41, 5.74) is 0.152. The van der Waals surface area contributed by atoms with Gasteiger partial charge in [0.1, 0.15) is 12.4 Å². The van der Waals surface area contributed by atoms with Gasteiger partial charge in [-0.05, 0) is 31.0 Å². The number of carbonyl (C=O) groups is 2. The number of phenols is 1. The Morgan fingerprint density at radius 1 is 1.19 bits per heavy atom. The molecule has 1 aromatic rings. The Kier molecular flexibility index (Phi) is 6.21. The highest BCUT2D eigenvalue weighted by atomic mass is 16.5. The summed E-state index contributed by atoms with van der Waals surface area (Å²) in [7, 11) is 0. The van der Waals surface area contributed by atoms with E-state index in [0.717, 1.165) is 5.56 Å². The van der Waals surface area contributed by atoms with E-state index in [0.29, 0.717) is 12.8 Å². The molecule has 5 nitrogen and oxygen atoms in total. The molecule has 1 rings (SSSR count). The first-order valence-electron chi connectivity index (χ1n) is 6.96. The van der Waals surface area contributed by atoms with Crippen molar-refractivity contribution in [1.82, 2.24) is 0 Å². The largest absolute Gasteiger partial charge is 0.508 e. The Morgan fingerprint density at radius 2 is 1.81 bits per heavy atom. The molecule has 1 N–H and O–H groups in total. The highest BCUT2D eigenvalue weighted by molar-refractivity contribution is 5.77. The molecule has 21 heavy (non-hydrogen) atoms. The maximum Gasteiger partial charge on any atom is 0.315 e. The first kappa shape index (κ1) is 17.0. The van der Waals surface area contributed by atoms with Gasteiger partial charge in [-0.1, -0.05) is 19.1 Å². The number of carbonyl (C=O) groups excluding carboxylic acids is 2. The molecule has 116 valence electrons. The van der Waals surface area contributed by atoms with Crippen LogP contribution in [0.25, 0.3) is 0 Å². The van der Waals surface area contributed by atoms with E-state index >= 15 is 0 Å². The Bertz CT molecular complexity index is 480. The van der Waals surface area contributed by atoms with Crippen LogP contribution in [-0.4, -0.2) is 30.3 Å². The van der Waals surface area contributed by atoms with E-state index in [1.165, 1.54) is 6.92 Å². The number of rotatable bonds is 7. The lowest BCUT2D eigenvalue weighted by molar-refractivity contribution is -0.162. The molecule has 0 aliphatic heterocycles. The Hall–Kier alpha value is -2.04. The lowest BCUT2D eigenvalue weighted by Crippen LogP contribution is -2.35.